The Bertz CT molecular complexity index is 581. The van der Waals surface area contributed by atoms with E-state index in [1.165, 1.54) is 0 Å². The first kappa shape index (κ1) is 13.4. The van der Waals surface area contributed by atoms with E-state index in [0.717, 1.165) is 11.3 Å². The normalized spacial score (nSPS) is 11.0. The van der Waals surface area contributed by atoms with Gasteiger partial charge >= 0.3 is 0 Å². The van der Waals surface area contributed by atoms with Gasteiger partial charge in [-0.1, -0.05) is 13.8 Å². The Morgan fingerprint density at radius 2 is 2.16 bits per heavy atom. The quantitative estimate of drug-likeness (QED) is 0.888. The summed E-state index contributed by atoms with van der Waals surface area (Å²) in [5.41, 5.74) is 2.41. The second-order valence-electron chi connectivity index (χ2n) is 4.95. The molecule has 0 spiro atoms. The van der Waals surface area contributed by atoms with E-state index in [2.05, 4.69) is 15.3 Å². The van der Waals surface area contributed by atoms with E-state index in [4.69, 9.17) is 4.42 Å². The third kappa shape index (κ3) is 2.86. The van der Waals surface area contributed by atoms with E-state index in [1.54, 1.807) is 12.4 Å². The molecule has 0 unspecified atom stereocenters. The average Bonchev–Trinajstić information content (AvgIpc) is 2.93. The van der Waals surface area contributed by atoms with Crippen LogP contribution in [0.25, 0.3) is 0 Å². The fourth-order valence-electron chi connectivity index (χ4n) is 1.80. The predicted molar refractivity (Wildman–Crippen MR) is 72.0 cm³/mol. The van der Waals surface area contributed by atoms with E-state index in [1.807, 2.05) is 27.7 Å². The summed E-state index contributed by atoms with van der Waals surface area (Å²) < 4.78 is 5.64. The van der Waals surface area contributed by atoms with Gasteiger partial charge in [-0.15, -0.1) is 0 Å². The molecular weight excluding hydrogens is 242 g/mol. The van der Waals surface area contributed by atoms with Crippen molar-refractivity contribution in [3.05, 3.63) is 40.9 Å². The van der Waals surface area contributed by atoms with Crippen LogP contribution in [0, 0.1) is 13.8 Å². The minimum absolute atomic E-state index is 0.111. The molecule has 2 rings (SSSR count). The van der Waals surface area contributed by atoms with Crippen molar-refractivity contribution in [3.8, 4) is 0 Å². The molecule has 2 heterocycles. The number of H-pyrrole nitrogens is 1. The van der Waals surface area contributed by atoms with Gasteiger partial charge in [-0.2, -0.15) is 0 Å². The summed E-state index contributed by atoms with van der Waals surface area (Å²) in [4.78, 5) is 19.2. The number of aromatic nitrogens is 2. The summed E-state index contributed by atoms with van der Waals surface area (Å²) in [5, 5.41) is 2.84. The lowest BCUT2D eigenvalue weighted by Crippen LogP contribution is -2.23. The van der Waals surface area contributed by atoms with Crippen LogP contribution >= 0.6 is 0 Å². The molecule has 0 aliphatic heterocycles. The molecule has 0 radical (unpaired) electrons. The third-order valence-electron chi connectivity index (χ3n) is 3.01. The molecule has 2 aromatic rings. The summed E-state index contributed by atoms with van der Waals surface area (Å²) in [6.07, 6.45) is 3.49. The largest absolute Gasteiger partial charge is 0.443 e. The fourth-order valence-corrected chi connectivity index (χ4v) is 1.80. The van der Waals surface area contributed by atoms with Crippen LogP contribution < -0.4 is 5.32 Å². The van der Waals surface area contributed by atoms with Crippen LogP contribution in [0.4, 0.5) is 0 Å². The summed E-state index contributed by atoms with van der Waals surface area (Å²) in [6, 6.07) is 0. The first-order valence-electron chi connectivity index (χ1n) is 6.36. The Hall–Kier alpha value is -2.04. The molecule has 102 valence electrons. The lowest BCUT2D eigenvalue weighted by molar-refractivity contribution is 0.0947. The Morgan fingerprint density at radius 1 is 1.42 bits per heavy atom. The number of carbonyl (C=O) groups is 1. The van der Waals surface area contributed by atoms with E-state index < -0.39 is 0 Å². The van der Waals surface area contributed by atoms with Crippen LogP contribution in [0.5, 0.6) is 0 Å². The molecule has 1 amide bonds. The molecule has 5 heteroatoms. The highest BCUT2D eigenvalue weighted by atomic mass is 16.4. The summed E-state index contributed by atoms with van der Waals surface area (Å²) >= 11 is 0. The number of aromatic amines is 1. The zero-order valence-corrected chi connectivity index (χ0v) is 11.7. The lowest BCUT2D eigenvalue weighted by Gasteiger charge is -2.03. The summed E-state index contributed by atoms with van der Waals surface area (Å²) in [6.45, 7) is 8.18. The number of aryl methyl sites for hydroxylation is 2. The molecule has 2 aromatic heterocycles. The highest BCUT2D eigenvalue weighted by molar-refractivity contribution is 5.95. The second-order valence-corrected chi connectivity index (χ2v) is 4.95. The molecule has 0 aliphatic carbocycles. The Kier molecular flexibility index (Phi) is 3.74. The van der Waals surface area contributed by atoms with Crippen molar-refractivity contribution in [2.24, 2.45) is 0 Å². The van der Waals surface area contributed by atoms with E-state index in [9.17, 15) is 4.79 Å². The van der Waals surface area contributed by atoms with Crippen molar-refractivity contribution < 1.29 is 9.21 Å². The number of amides is 1. The minimum Gasteiger partial charge on any atom is -0.443 e. The zero-order chi connectivity index (χ0) is 14.0. The smallest absolute Gasteiger partial charge is 0.253 e. The fraction of sp³-hybridized carbons (Fsp3) is 0.429. The summed E-state index contributed by atoms with van der Waals surface area (Å²) in [7, 11) is 0. The SMILES string of the molecule is Cc1c[nH]cc1C(=O)NCc1oc(C(C)C)nc1C. The first-order valence-corrected chi connectivity index (χ1v) is 6.36. The maximum absolute atomic E-state index is 12.0. The van der Waals surface area contributed by atoms with E-state index >= 15 is 0 Å². The topological polar surface area (TPSA) is 70.9 Å². The van der Waals surface area contributed by atoms with E-state index in [-0.39, 0.29) is 11.8 Å². The van der Waals surface area contributed by atoms with Gasteiger partial charge in [-0.05, 0) is 19.4 Å². The van der Waals surface area contributed by atoms with Crippen molar-refractivity contribution in [2.45, 2.75) is 40.2 Å². The molecule has 0 atom stereocenters. The second kappa shape index (κ2) is 5.30. The molecule has 0 bridgehead atoms. The lowest BCUT2D eigenvalue weighted by atomic mass is 10.2. The molecule has 0 saturated carbocycles. The molecule has 0 fully saturated rings. The highest BCUT2D eigenvalue weighted by Gasteiger charge is 2.14. The first-order chi connectivity index (χ1) is 8.99. The van der Waals surface area contributed by atoms with Gasteiger partial charge in [0.05, 0.1) is 17.8 Å². The van der Waals surface area contributed by atoms with Gasteiger partial charge in [0.15, 0.2) is 5.89 Å². The average molecular weight is 261 g/mol. The molecular formula is C14H19N3O2. The van der Waals surface area contributed by atoms with Crippen LogP contribution in [0.1, 0.15) is 53.0 Å². The maximum atomic E-state index is 12.0. The van der Waals surface area contributed by atoms with Crippen molar-refractivity contribution in [1.82, 2.24) is 15.3 Å². The molecule has 5 nitrogen and oxygen atoms in total. The van der Waals surface area contributed by atoms with Gasteiger partial charge in [-0.25, -0.2) is 4.98 Å². The van der Waals surface area contributed by atoms with Gasteiger partial charge in [0.2, 0.25) is 0 Å². The van der Waals surface area contributed by atoms with Crippen molar-refractivity contribution in [2.75, 3.05) is 0 Å². The number of rotatable bonds is 4. The minimum atomic E-state index is -0.111. The number of hydrogen-bond donors (Lipinski definition) is 2. The standard InChI is InChI=1S/C14H19N3O2/c1-8(2)14-17-10(4)12(19-14)7-16-13(18)11-6-15-5-9(11)3/h5-6,8,15H,7H2,1-4H3,(H,16,18). The van der Waals surface area contributed by atoms with Gasteiger partial charge < -0.3 is 14.7 Å². The van der Waals surface area contributed by atoms with Gasteiger partial charge in [0.25, 0.3) is 5.91 Å². The predicted octanol–water partition coefficient (Wildman–Crippen LogP) is 2.67. The Labute approximate surface area is 112 Å². The zero-order valence-electron chi connectivity index (χ0n) is 11.7. The van der Waals surface area contributed by atoms with Crippen LogP contribution in [-0.2, 0) is 6.54 Å². The van der Waals surface area contributed by atoms with E-state index in [0.29, 0.717) is 23.8 Å². The van der Waals surface area contributed by atoms with Crippen LogP contribution in [-0.4, -0.2) is 15.9 Å². The van der Waals surface area contributed by atoms with Crippen LogP contribution in [0.15, 0.2) is 16.8 Å². The van der Waals surface area contributed by atoms with Gasteiger partial charge in [0, 0.05) is 18.3 Å². The Morgan fingerprint density at radius 3 is 2.68 bits per heavy atom. The maximum Gasteiger partial charge on any atom is 0.253 e. The number of carbonyl (C=O) groups excluding carboxylic acids is 1. The molecule has 0 saturated heterocycles. The van der Waals surface area contributed by atoms with Crippen LogP contribution in [0.3, 0.4) is 0 Å². The number of nitrogens with one attached hydrogen (secondary N) is 2. The number of nitrogens with zero attached hydrogens (tertiary/aromatic N) is 1. The van der Waals surface area contributed by atoms with Crippen molar-refractivity contribution in [3.63, 3.8) is 0 Å². The molecule has 19 heavy (non-hydrogen) atoms. The molecule has 2 N–H and O–H groups in total. The number of hydrogen-bond acceptors (Lipinski definition) is 3. The number of oxazole rings is 1. The molecule has 0 aromatic carbocycles. The van der Waals surface area contributed by atoms with Gasteiger partial charge in [-0.3, -0.25) is 4.79 Å². The van der Waals surface area contributed by atoms with Gasteiger partial charge in [0.1, 0.15) is 5.76 Å². The van der Waals surface area contributed by atoms with Crippen molar-refractivity contribution in [1.29, 1.82) is 0 Å². The monoisotopic (exact) mass is 261 g/mol. The van der Waals surface area contributed by atoms with Crippen molar-refractivity contribution >= 4 is 5.91 Å². The molecule has 0 aliphatic rings. The Balaban J connectivity index is 2.03. The summed E-state index contributed by atoms with van der Waals surface area (Å²) in [5.74, 6) is 1.56. The van der Waals surface area contributed by atoms with Crippen LogP contribution in [0.2, 0.25) is 0 Å². The third-order valence-corrected chi connectivity index (χ3v) is 3.01. The highest BCUT2D eigenvalue weighted by Crippen LogP contribution is 2.17.